The Kier molecular flexibility index (Phi) is 6.73. The van der Waals surface area contributed by atoms with E-state index in [1.54, 1.807) is 36.4 Å². The normalized spacial score (nSPS) is 11.9. The summed E-state index contributed by atoms with van der Waals surface area (Å²) < 4.78 is 11.3. The number of hydrogen-bond acceptors (Lipinski definition) is 4. The Hall–Kier alpha value is -2.24. The van der Waals surface area contributed by atoms with Gasteiger partial charge in [0.2, 0.25) is 0 Å². The number of ketones is 1. The predicted octanol–water partition coefficient (Wildman–Crippen LogP) is 5.10. The average molecular weight is 385 g/mol. The first kappa shape index (κ1) is 21.1. The molecule has 0 saturated heterocycles. The van der Waals surface area contributed by atoms with Crippen molar-refractivity contribution in [1.82, 2.24) is 0 Å². The van der Waals surface area contributed by atoms with Crippen molar-refractivity contribution in [3.8, 4) is 0 Å². The van der Waals surface area contributed by atoms with E-state index in [-0.39, 0.29) is 17.4 Å². The zero-order valence-corrected chi connectivity index (χ0v) is 17.7. The summed E-state index contributed by atoms with van der Waals surface area (Å²) in [5.74, 6) is -0.481. The van der Waals surface area contributed by atoms with Crippen molar-refractivity contribution in [2.24, 2.45) is 0 Å². The van der Waals surface area contributed by atoms with Crippen molar-refractivity contribution < 1.29 is 18.8 Å². The highest BCUT2D eigenvalue weighted by atomic mass is 28.4. The lowest BCUT2D eigenvalue weighted by molar-refractivity contribution is 0.0441. The van der Waals surface area contributed by atoms with Crippen LogP contribution in [0.2, 0.25) is 18.1 Å². The Morgan fingerprint density at radius 2 is 1.33 bits per heavy atom. The molecule has 0 N–H and O–H groups in total. The fraction of sp³-hybridized carbons (Fsp3) is 0.364. The molecule has 0 aliphatic heterocycles. The average Bonchev–Trinajstić information content (AvgIpc) is 2.64. The summed E-state index contributed by atoms with van der Waals surface area (Å²) in [6, 6.07) is 15.6. The van der Waals surface area contributed by atoms with E-state index in [1.165, 1.54) is 0 Å². The molecule has 0 aliphatic rings. The van der Waals surface area contributed by atoms with Gasteiger partial charge in [-0.05, 0) is 30.3 Å². The summed E-state index contributed by atoms with van der Waals surface area (Å²) in [5, 5.41) is 0.123. The molecule has 0 aromatic heterocycles. The number of ether oxygens (including phenoxy) is 1. The maximum absolute atomic E-state index is 12.4. The van der Waals surface area contributed by atoms with Gasteiger partial charge in [-0.3, -0.25) is 4.79 Å². The van der Waals surface area contributed by atoms with Gasteiger partial charge in [-0.15, -0.1) is 0 Å². The van der Waals surface area contributed by atoms with E-state index < -0.39 is 14.3 Å². The predicted molar refractivity (Wildman–Crippen MR) is 110 cm³/mol. The highest BCUT2D eigenvalue weighted by molar-refractivity contribution is 6.74. The second kappa shape index (κ2) is 8.63. The molecule has 2 aromatic carbocycles. The topological polar surface area (TPSA) is 52.6 Å². The molecule has 0 saturated carbocycles. The number of benzene rings is 2. The Labute approximate surface area is 162 Å². The quantitative estimate of drug-likeness (QED) is 0.288. The van der Waals surface area contributed by atoms with Gasteiger partial charge in [0, 0.05) is 11.1 Å². The third-order valence-corrected chi connectivity index (χ3v) is 9.54. The molecule has 0 unspecified atom stereocenters. The molecule has 2 aromatic rings. The van der Waals surface area contributed by atoms with E-state index in [2.05, 4.69) is 33.9 Å². The summed E-state index contributed by atoms with van der Waals surface area (Å²) in [6.45, 7) is 11.5. The van der Waals surface area contributed by atoms with Crippen molar-refractivity contribution in [3.63, 3.8) is 0 Å². The van der Waals surface area contributed by atoms with Crippen molar-refractivity contribution in [2.45, 2.75) is 38.9 Å². The van der Waals surface area contributed by atoms with E-state index in [4.69, 9.17) is 9.16 Å². The third-order valence-electron chi connectivity index (χ3n) is 5.00. The van der Waals surface area contributed by atoms with Gasteiger partial charge in [-0.2, -0.15) is 0 Å². The maximum atomic E-state index is 12.4. The molecule has 144 valence electrons. The molecule has 5 heteroatoms. The fourth-order valence-electron chi connectivity index (χ4n) is 2.24. The van der Waals surface area contributed by atoms with Gasteiger partial charge >= 0.3 is 5.97 Å². The van der Waals surface area contributed by atoms with Crippen molar-refractivity contribution in [2.75, 3.05) is 13.2 Å². The standard InChI is InChI=1S/C22H28O4Si/c1-22(2,3)27(4,5)26-16-15-25-21(24)19-13-11-18(12-14-19)20(23)17-9-7-6-8-10-17/h6-14H,15-16H2,1-5H3. The van der Waals surface area contributed by atoms with Crippen LogP contribution in [0.4, 0.5) is 0 Å². The molecule has 0 heterocycles. The van der Waals surface area contributed by atoms with Crippen LogP contribution >= 0.6 is 0 Å². The maximum Gasteiger partial charge on any atom is 0.338 e. The van der Waals surface area contributed by atoms with Crippen molar-refractivity contribution in [1.29, 1.82) is 0 Å². The minimum absolute atomic E-state index is 0.0710. The highest BCUT2D eigenvalue weighted by Gasteiger charge is 2.36. The first-order valence-electron chi connectivity index (χ1n) is 9.13. The van der Waals surface area contributed by atoms with Gasteiger partial charge < -0.3 is 9.16 Å². The lowest BCUT2D eigenvalue weighted by Gasteiger charge is -2.36. The highest BCUT2D eigenvalue weighted by Crippen LogP contribution is 2.36. The SMILES string of the molecule is CC(C)(C)[Si](C)(C)OCCOC(=O)c1ccc(C(=O)c2ccccc2)cc1. The zero-order valence-electron chi connectivity index (χ0n) is 16.7. The van der Waals surface area contributed by atoms with E-state index in [0.717, 1.165) is 0 Å². The van der Waals surface area contributed by atoms with Gasteiger partial charge in [0.25, 0.3) is 0 Å². The van der Waals surface area contributed by atoms with Crippen LogP contribution < -0.4 is 0 Å². The van der Waals surface area contributed by atoms with Gasteiger partial charge in [-0.25, -0.2) is 4.79 Å². The van der Waals surface area contributed by atoms with Crippen LogP contribution in [0.1, 0.15) is 47.1 Å². The van der Waals surface area contributed by atoms with Crippen LogP contribution in [0.3, 0.4) is 0 Å². The molecule has 0 atom stereocenters. The Balaban J connectivity index is 1.88. The molecular weight excluding hydrogens is 356 g/mol. The largest absolute Gasteiger partial charge is 0.460 e. The summed E-state index contributed by atoms with van der Waals surface area (Å²) in [4.78, 5) is 24.6. The molecule has 0 fully saturated rings. The summed E-state index contributed by atoms with van der Waals surface area (Å²) in [5.41, 5.74) is 1.58. The molecular formula is C22H28O4Si. The summed E-state index contributed by atoms with van der Waals surface area (Å²) in [6.07, 6.45) is 0. The molecule has 27 heavy (non-hydrogen) atoms. The van der Waals surface area contributed by atoms with Crippen molar-refractivity contribution >= 4 is 20.1 Å². The smallest absolute Gasteiger partial charge is 0.338 e. The van der Waals surface area contributed by atoms with Gasteiger partial charge in [0.05, 0.1) is 12.2 Å². The lowest BCUT2D eigenvalue weighted by atomic mass is 10.0. The van der Waals surface area contributed by atoms with E-state index in [0.29, 0.717) is 23.3 Å². The number of carbonyl (C=O) groups excluding carboxylic acids is 2. The molecule has 0 spiro atoms. The number of esters is 1. The van der Waals surface area contributed by atoms with Crippen LogP contribution in [0.15, 0.2) is 54.6 Å². The van der Waals surface area contributed by atoms with Crippen LogP contribution in [-0.4, -0.2) is 33.3 Å². The minimum Gasteiger partial charge on any atom is -0.460 e. The van der Waals surface area contributed by atoms with Crippen LogP contribution in [0.5, 0.6) is 0 Å². The van der Waals surface area contributed by atoms with Gasteiger partial charge in [0.1, 0.15) is 6.61 Å². The first-order chi connectivity index (χ1) is 12.6. The monoisotopic (exact) mass is 384 g/mol. The molecule has 0 aliphatic carbocycles. The number of hydrogen-bond donors (Lipinski definition) is 0. The molecule has 0 amide bonds. The molecule has 0 radical (unpaired) electrons. The summed E-state index contributed by atoms with van der Waals surface area (Å²) >= 11 is 0. The Morgan fingerprint density at radius 1 is 0.815 bits per heavy atom. The van der Waals surface area contributed by atoms with Gasteiger partial charge in [-0.1, -0.05) is 63.2 Å². The molecule has 2 rings (SSSR count). The van der Waals surface area contributed by atoms with Crippen LogP contribution in [0.25, 0.3) is 0 Å². The second-order valence-electron chi connectivity index (χ2n) is 8.02. The van der Waals surface area contributed by atoms with Crippen LogP contribution in [0, 0.1) is 0 Å². The number of carbonyl (C=O) groups is 2. The minimum atomic E-state index is -1.84. The fourth-order valence-corrected chi connectivity index (χ4v) is 3.27. The number of rotatable bonds is 7. The van der Waals surface area contributed by atoms with E-state index in [9.17, 15) is 9.59 Å². The summed E-state index contributed by atoms with van der Waals surface area (Å²) in [7, 11) is -1.84. The Bertz CT molecular complexity index is 774. The second-order valence-corrected chi connectivity index (χ2v) is 12.8. The van der Waals surface area contributed by atoms with E-state index in [1.807, 2.05) is 18.2 Å². The molecule has 0 bridgehead atoms. The lowest BCUT2D eigenvalue weighted by Crippen LogP contribution is -2.41. The van der Waals surface area contributed by atoms with E-state index >= 15 is 0 Å². The first-order valence-corrected chi connectivity index (χ1v) is 12.0. The van der Waals surface area contributed by atoms with Gasteiger partial charge in [0.15, 0.2) is 14.1 Å². The third kappa shape index (κ3) is 5.61. The Morgan fingerprint density at radius 3 is 1.89 bits per heavy atom. The zero-order chi connectivity index (χ0) is 20.1. The van der Waals surface area contributed by atoms with Crippen LogP contribution in [-0.2, 0) is 9.16 Å². The molecule has 4 nitrogen and oxygen atoms in total. The van der Waals surface area contributed by atoms with Crippen molar-refractivity contribution in [3.05, 3.63) is 71.3 Å².